The van der Waals surface area contributed by atoms with Crippen molar-refractivity contribution < 1.29 is 14.3 Å². The number of nitrogens with zero attached hydrogens (tertiary/aromatic N) is 3. The summed E-state index contributed by atoms with van der Waals surface area (Å²) in [5.41, 5.74) is 1.93. The van der Waals surface area contributed by atoms with Crippen molar-refractivity contribution in [2.75, 3.05) is 20.3 Å². The molecule has 0 N–H and O–H groups in total. The van der Waals surface area contributed by atoms with E-state index in [0.29, 0.717) is 23.4 Å². The zero-order valence-electron chi connectivity index (χ0n) is 11.3. The van der Waals surface area contributed by atoms with Crippen molar-refractivity contribution in [3.63, 3.8) is 0 Å². The number of hydrogen-bond donors (Lipinski definition) is 0. The number of benzene rings is 1. The molecule has 0 amide bonds. The molecule has 0 saturated heterocycles. The first-order valence-electron chi connectivity index (χ1n) is 6.34. The highest BCUT2D eigenvalue weighted by Gasteiger charge is 2.31. The van der Waals surface area contributed by atoms with E-state index >= 15 is 0 Å². The highest BCUT2D eigenvalue weighted by atomic mass is 16.5. The van der Waals surface area contributed by atoms with Gasteiger partial charge in [-0.15, -0.1) is 0 Å². The first kappa shape index (κ1) is 13.2. The Hall–Kier alpha value is -2.78. The zero-order valence-corrected chi connectivity index (χ0v) is 11.3. The molecule has 6 nitrogen and oxygen atoms in total. The summed E-state index contributed by atoms with van der Waals surface area (Å²) in [7, 11) is 1.55. The molecule has 0 fully saturated rings. The fourth-order valence-corrected chi connectivity index (χ4v) is 2.18. The third-order valence-corrected chi connectivity index (χ3v) is 3.14. The van der Waals surface area contributed by atoms with Crippen molar-refractivity contribution in [3.05, 3.63) is 41.2 Å². The summed E-state index contributed by atoms with van der Waals surface area (Å²) < 4.78 is 10.3. The molecule has 0 bridgehead atoms. The van der Waals surface area contributed by atoms with Crippen LogP contribution in [-0.2, 0) is 4.74 Å². The molecular weight excluding hydrogens is 270 g/mol. The fourth-order valence-electron chi connectivity index (χ4n) is 2.18. The number of rotatable bonds is 4. The minimum absolute atomic E-state index is 0.00556. The van der Waals surface area contributed by atoms with Gasteiger partial charge in [-0.2, -0.15) is 5.26 Å². The first-order chi connectivity index (χ1) is 10.3. The van der Waals surface area contributed by atoms with Crippen LogP contribution in [0.15, 0.2) is 24.3 Å². The summed E-state index contributed by atoms with van der Waals surface area (Å²) in [6.07, 6.45) is 0. The minimum Gasteiger partial charge on any atom is -0.473 e. The SMILES string of the molecule is COCCOc1nc2c(nc1C#N)C(=O)c1ccccc1-2. The number of nitriles is 1. The van der Waals surface area contributed by atoms with Gasteiger partial charge in [-0.25, -0.2) is 9.97 Å². The van der Waals surface area contributed by atoms with Crippen LogP contribution < -0.4 is 4.74 Å². The normalized spacial score (nSPS) is 11.7. The van der Waals surface area contributed by atoms with Crippen LogP contribution in [0.5, 0.6) is 5.88 Å². The van der Waals surface area contributed by atoms with Gasteiger partial charge in [0.15, 0.2) is 0 Å². The maximum atomic E-state index is 12.3. The van der Waals surface area contributed by atoms with E-state index in [0.717, 1.165) is 0 Å². The van der Waals surface area contributed by atoms with Crippen LogP contribution >= 0.6 is 0 Å². The molecule has 1 aromatic carbocycles. The van der Waals surface area contributed by atoms with Gasteiger partial charge in [0.2, 0.25) is 11.5 Å². The average Bonchev–Trinajstić information content (AvgIpc) is 2.80. The molecule has 2 aromatic rings. The van der Waals surface area contributed by atoms with Gasteiger partial charge < -0.3 is 9.47 Å². The lowest BCUT2D eigenvalue weighted by Crippen LogP contribution is -2.09. The number of carbonyl (C=O) groups excluding carboxylic acids is 1. The minimum atomic E-state index is -0.215. The monoisotopic (exact) mass is 281 g/mol. The van der Waals surface area contributed by atoms with Crippen molar-refractivity contribution in [3.8, 4) is 23.2 Å². The molecule has 1 aromatic heterocycles. The van der Waals surface area contributed by atoms with Crippen LogP contribution in [0.25, 0.3) is 11.3 Å². The lowest BCUT2D eigenvalue weighted by molar-refractivity contribution is 0.103. The van der Waals surface area contributed by atoms with Crippen LogP contribution in [0.1, 0.15) is 21.7 Å². The van der Waals surface area contributed by atoms with Gasteiger partial charge >= 0.3 is 0 Å². The summed E-state index contributed by atoms with van der Waals surface area (Å²) in [6, 6.07) is 9.04. The van der Waals surface area contributed by atoms with Crippen molar-refractivity contribution in [2.24, 2.45) is 0 Å². The van der Waals surface area contributed by atoms with Crippen LogP contribution in [0.4, 0.5) is 0 Å². The first-order valence-corrected chi connectivity index (χ1v) is 6.34. The van der Waals surface area contributed by atoms with Crippen LogP contribution in [-0.4, -0.2) is 36.1 Å². The summed E-state index contributed by atoms with van der Waals surface area (Å²) in [5, 5.41) is 9.13. The third kappa shape index (κ3) is 2.14. The molecule has 1 heterocycles. The van der Waals surface area contributed by atoms with E-state index in [2.05, 4.69) is 9.97 Å². The average molecular weight is 281 g/mol. The number of carbonyl (C=O) groups is 1. The Kier molecular flexibility index (Phi) is 3.34. The van der Waals surface area contributed by atoms with E-state index < -0.39 is 0 Å². The number of methoxy groups -OCH3 is 1. The Morgan fingerprint density at radius 3 is 2.62 bits per heavy atom. The Labute approximate surface area is 121 Å². The largest absolute Gasteiger partial charge is 0.473 e. The van der Waals surface area contributed by atoms with Crippen LogP contribution in [0.3, 0.4) is 0 Å². The van der Waals surface area contributed by atoms with E-state index in [4.69, 9.17) is 14.7 Å². The maximum absolute atomic E-state index is 12.3. The Bertz CT molecular complexity index is 765. The summed E-state index contributed by atoms with van der Waals surface area (Å²) in [6.45, 7) is 0.632. The van der Waals surface area contributed by atoms with Crippen LogP contribution in [0, 0.1) is 11.3 Å². The van der Waals surface area contributed by atoms with Gasteiger partial charge in [0.25, 0.3) is 5.88 Å². The lowest BCUT2D eigenvalue weighted by atomic mass is 10.1. The van der Waals surface area contributed by atoms with Crippen LogP contribution in [0.2, 0.25) is 0 Å². The number of ether oxygens (including phenoxy) is 2. The molecule has 0 unspecified atom stereocenters. The topological polar surface area (TPSA) is 85.1 Å². The maximum Gasteiger partial charge on any atom is 0.251 e. The van der Waals surface area contributed by atoms with Crippen molar-refractivity contribution in [2.45, 2.75) is 0 Å². The molecule has 0 radical (unpaired) electrons. The molecule has 0 saturated carbocycles. The predicted molar refractivity (Wildman–Crippen MR) is 73.0 cm³/mol. The Morgan fingerprint density at radius 2 is 1.90 bits per heavy atom. The van der Waals surface area contributed by atoms with Gasteiger partial charge in [0.1, 0.15) is 24.1 Å². The second-order valence-electron chi connectivity index (χ2n) is 4.40. The van der Waals surface area contributed by atoms with E-state index in [1.807, 2.05) is 12.1 Å². The summed E-state index contributed by atoms with van der Waals surface area (Å²) in [4.78, 5) is 20.7. The van der Waals surface area contributed by atoms with Gasteiger partial charge in [-0.1, -0.05) is 24.3 Å². The summed E-state index contributed by atoms with van der Waals surface area (Å²) >= 11 is 0. The highest BCUT2D eigenvalue weighted by Crippen LogP contribution is 2.35. The number of aromatic nitrogens is 2. The molecule has 0 spiro atoms. The molecule has 1 aliphatic carbocycles. The van der Waals surface area contributed by atoms with Gasteiger partial charge in [0, 0.05) is 18.2 Å². The zero-order chi connectivity index (χ0) is 14.8. The molecule has 0 atom stereocenters. The quantitative estimate of drug-likeness (QED) is 0.675. The number of fused-ring (bicyclic) bond motifs is 3. The van der Waals surface area contributed by atoms with E-state index in [1.54, 1.807) is 25.3 Å². The lowest BCUT2D eigenvalue weighted by Gasteiger charge is -2.07. The standard InChI is InChI=1S/C15H11N3O3/c1-20-6-7-21-15-11(8-16)17-13-12(18-15)9-4-2-3-5-10(9)14(13)19/h2-5H,6-7H2,1H3. The second-order valence-corrected chi connectivity index (χ2v) is 4.40. The Morgan fingerprint density at radius 1 is 1.14 bits per heavy atom. The number of hydrogen-bond acceptors (Lipinski definition) is 6. The molecule has 21 heavy (non-hydrogen) atoms. The third-order valence-electron chi connectivity index (χ3n) is 3.14. The predicted octanol–water partition coefficient (Wildman–Crippen LogP) is 1.58. The molecule has 0 aliphatic heterocycles. The molecule has 1 aliphatic rings. The van der Waals surface area contributed by atoms with Gasteiger partial charge in [-0.3, -0.25) is 4.79 Å². The van der Waals surface area contributed by atoms with Gasteiger partial charge in [-0.05, 0) is 0 Å². The van der Waals surface area contributed by atoms with Crippen molar-refractivity contribution in [1.82, 2.24) is 9.97 Å². The highest BCUT2D eigenvalue weighted by molar-refractivity contribution is 6.19. The second kappa shape index (κ2) is 5.31. The molecule has 6 heteroatoms. The van der Waals surface area contributed by atoms with Crippen molar-refractivity contribution in [1.29, 1.82) is 5.26 Å². The smallest absolute Gasteiger partial charge is 0.251 e. The van der Waals surface area contributed by atoms with E-state index in [-0.39, 0.29) is 29.7 Å². The van der Waals surface area contributed by atoms with E-state index in [1.165, 1.54) is 0 Å². The fraction of sp³-hybridized carbons (Fsp3) is 0.200. The Balaban J connectivity index is 2.08. The van der Waals surface area contributed by atoms with Crippen molar-refractivity contribution >= 4 is 5.78 Å². The molecule has 104 valence electrons. The molecular formula is C15H11N3O3. The van der Waals surface area contributed by atoms with Gasteiger partial charge in [0.05, 0.1) is 6.61 Å². The van der Waals surface area contributed by atoms with E-state index in [9.17, 15) is 4.79 Å². The summed E-state index contributed by atoms with van der Waals surface area (Å²) in [5.74, 6) is -0.0918. The molecule has 3 rings (SSSR count). The number of ketones is 1.